The summed E-state index contributed by atoms with van der Waals surface area (Å²) in [6.07, 6.45) is 2.76. The predicted molar refractivity (Wildman–Crippen MR) is 93.3 cm³/mol. The van der Waals surface area contributed by atoms with E-state index in [-0.39, 0.29) is 12.5 Å². The molecule has 1 aromatic heterocycles. The maximum atomic E-state index is 12.1. The molecule has 6 nitrogen and oxygen atoms in total. The molecule has 0 saturated carbocycles. The number of aromatic nitrogens is 1. The van der Waals surface area contributed by atoms with Gasteiger partial charge in [-0.25, -0.2) is 4.98 Å². The topological polar surface area (TPSA) is 79.7 Å². The van der Waals surface area contributed by atoms with Crippen LogP contribution in [0.5, 0.6) is 0 Å². The zero-order valence-electron chi connectivity index (χ0n) is 13.7. The molecule has 1 aromatic carbocycles. The maximum Gasteiger partial charge on any atom is 0.323 e. The van der Waals surface area contributed by atoms with Crippen LogP contribution in [0.1, 0.15) is 24.3 Å². The summed E-state index contributed by atoms with van der Waals surface area (Å²) in [5.41, 5.74) is 1.01. The lowest BCUT2D eigenvalue weighted by Crippen LogP contribution is -2.37. The van der Waals surface area contributed by atoms with Crippen LogP contribution in [0.2, 0.25) is 0 Å². The molecule has 24 heavy (non-hydrogen) atoms. The summed E-state index contributed by atoms with van der Waals surface area (Å²) in [6, 6.07) is 8.03. The number of benzene rings is 1. The van der Waals surface area contributed by atoms with Gasteiger partial charge in [-0.1, -0.05) is 12.1 Å². The van der Waals surface area contributed by atoms with E-state index >= 15 is 0 Å². The summed E-state index contributed by atoms with van der Waals surface area (Å²) in [7, 11) is 1.53. The summed E-state index contributed by atoms with van der Waals surface area (Å²) >= 11 is 1.68. The van der Waals surface area contributed by atoms with E-state index in [9.17, 15) is 9.59 Å². The molecule has 0 saturated heterocycles. The maximum absolute atomic E-state index is 12.1. The molecule has 2 aromatic rings. The number of aryl methyl sites for hydroxylation is 1. The SMILES string of the molecule is COCCN(CC(=O)O)C(=O)CCCCc1nc2ccccc2s1. The van der Waals surface area contributed by atoms with Crippen LogP contribution in [0, 0.1) is 0 Å². The summed E-state index contributed by atoms with van der Waals surface area (Å²) in [4.78, 5) is 28.9. The number of hydrogen-bond acceptors (Lipinski definition) is 5. The summed E-state index contributed by atoms with van der Waals surface area (Å²) in [5, 5.41) is 9.95. The van der Waals surface area contributed by atoms with Crippen molar-refractivity contribution in [1.29, 1.82) is 0 Å². The normalized spacial score (nSPS) is 10.9. The second kappa shape index (κ2) is 9.34. The minimum Gasteiger partial charge on any atom is -0.480 e. The minimum absolute atomic E-state index is 0.140. The summed E-state index contributed by atoms with van der Waals surface area (Å²) < 4.78 is 6.10. The molecule has 7 heteroatoms. The number of carboxylic acid groups (broad SMARTS) is 1. The van der Waals surface area contributed by atoms with Crippen LogP contribution in [-0.4, -0.2) is 53.7 Å². The number of ether oxygens (including phenoxy) is 1. The monoisotopic (exact) mass is 350 g/mol. The van der Waals surface area contributed by atoms with E-state index in [0.29, 0.717) is 19.6 Å². The second-order valence-electron chi connectivity index (χ2n) is 5.48. The number of carbonyl (C=O) groups is 2. The second-order valence-corrected chi connectivity index (χ2v) is 6.60. The number of thiazole rings is 1. The quantitative estimate of drug-likeness (QED) is 0.666. The molecule has 0 aliphatic rings. The Morgan fingerprint density at radius 2 is 2.08 bits per heavy atom. The third kappa shape index (κ3) is 5.58. The van der Waals surface area contributed by atoms with Gasteiger partial charge < -0.3 is 14.7 Å². The van der Waals surface area contributed by atoms with Gasteiger partial charge in [-0.15, -0.1) is 11.3 Å². The Labute approximate surface area is 145 Å². The number of unbranched alkanes of at least 4 members (excludes halogenated alkanes) is 1. The number of aliphatic carboxylic acids is 1. The van der Waals surface area contributed by atoms with Crippen molar-refractivity contribution in [2.24, 2.45) is 0 Å². The molecule has 1 amide bonds. The van der Waals surface area contributed by atoms with Crippen LogP contribution in [0.25, 0.3) is 10.2 Å². The zero-order valence-corrected chi connectivity index (χ0v) is 14.6. The molecule has 0 bridgehead atoms. The predicted octanol–water partition coefficient (Wildman–Crippen LogP) is 2.57. The number of rotatable bonds is 10. The Kier molecular flexibility index (Phi) is 7.14. The fourth-order valence-electron chi connectivity index (χ4n) is 2.39. The van der Waals surface area contributed by atoms with Crippen LogP contribution < -0.4 is 0 Å². The van der Waals surface area contributed by atoms with E-state index in [2.05, 4.69) is 11.1 Å². The van der Waals surface area contributed by atoms with Crippen LogP contribution in [0.4, 0.5) is 0 Å². The largest absolute Gasteiger partial charge is 0.480 e. The number of hydrogen-bond donors (Lipinski definition) is 1. The van der Waals surface area contributed by atoms with E-state index in [1.54, 1.807) is 11.3 Å². The Bertz CT molecular complexity index is 653. The average Bonchev–Trinajstić information content (AvgIpc) is 2.97. The molecule has 1 heterocycles. The number of methoxy groups -OCH3 is 1. The third-order valence-electron chi connectivity index (χ3n) is 3.61. The van der Waals surface area contributed by atoms with Crippen LogP contribution in [0.3, 0.4) is 0 Å². The number of amides is 1. The van der Waals surface area contributed by atoms with Gasteiger partial charge >= 0.3 is 5.97 Å². The highest BCUT2D eigenvalue weighted by Crippen LogP contribution is 2.22. The van der Waals surface area contributed by atoms with Gasteiger partial charge in [0, 0.05) is 20.1 Å². The van der Waals surface area contributed by atoms with Crippen molar-refractivity contribution in [1.82, 2.24) is 9.88 Å². The van der Waals surface area contributed by atoms with Gasteiger partial charge in [0.05, 0.1) is 21.8 Å². The van der Waals surface area contributed by atoms with Crippen molar-refractivity contribution >= 4 is 33.4 Å². The zero-order chi connectivity index (χ0) is 17.4. The van der Waals surface area contributed by atoms with Crippen LogP contribution in [-0.2, 0) is 20.7 Å². The van der Waals surface area contributed by atoms with Crippen molar-refractivity contribution in [2.45, 2.75) is 25.7 Å². The first kappa shape index (κ1) is 18.4. The number of nitrogens with zero attached hydrogens (tertiary/aromatic N) is 2. The number of carboxylic acids is 1. The average molecular weight is 350 g/mol. The van der Waals surface area contributed by atoms with Crippen molar-refractivity contribution in [3.63, 3.8) is 0 Å². The Balaban J connectivity index is 1.76. The number of para-hydroxylation sites is 1. The van der Waals surface area contributed by atoms with Crippen LogP contribution in [0.15, 0.2) is 24.3 Å². The smallest absolute Gasteiger partial charge is 0.323 e. The molecule has 0 radical (unpaired) electrons. The van der Waals surface area contributed by atoms with Crippen LogP contribution >= 0.6 is 11.3 Å². The lowest BCUT2D eigenvalue weighted by Gasteiger charge is -2.20. The fraction of sp³-hybridized carbons (Fsp3) is 0.471. The van der Waals surface area contributed by atoms with Gasteiger partial charge in [0.15, 0.2) is 0 Å². The van der Waals surface area contributed by atoms with Crippen molar-refractivity contribution < 1.29 is 19.4 Å². The van der Waals surface area contributed by atoms with Crippen molar-refractivity contribution in [2.75, 3.05) is 26.8 Å². The van der Waals surface area contributed by atoms with Gasteiger partial charge in [-0.3, -0.25) is 9.59 Å². The number of carbonyl (C=O) groups excluding carboxylic acids is 1. The lowest BCUT2D eigenvalue weighted by atomic mass is 10.2. The standard InChI is InChI=1S/C17H22N2O4S/c1-23-11-10-19(12-17(21)22)16(20)9-5-4-8-15-18-13-6-2-3-7-14(13)24-15/h2-3,6-7H,4-5,8-12H2,1H3,(H,21,22). The summed E-state index contributed by atoms with van der Waals surface area (Å²) in [6.45, 7) is 0.365. The van der Waals surface area contributed by atoms with E-state index in [0.717, 1.165) is 29.8 Å². The molecule has 1 N–H and O–H groups in total. The van der Waals surface area contributed by atoms with E-state index in [4.69, 9.17) is 9.84 Å². The number of fused-ring (bicyclic) bond motifs is 1. The molecule has 0 spiro atoms. The summed E-state index contributed by atoms with van der Waals surface area (Å²) in [5.74, 6) is -1.15. The van der Waals surface area contributed by atoms with Gasteiger partial charge in [0.25, 0.3) is 0 Å². The molecule has 130 valence electrons. The Morgan fingerprint density at radius 3 is 2.79 bits per heavy atom. The highest BCUT2D eigenvalue weighted by Gasteiger charge is 2.16. The van der Waals surface area contributed by atoms with E-state index in [1.807, 2.05) is 18.2 Å². The first-order chi connectivity index (χ1) is 11.6. The molecule has 0 aliphatic carbocycles. The van der Waals surface area contributed by atoms with Gasteiger partial charge in [0.2, 0.25) is 5.91 Å². The van der Waals surface area contributed by atoms with Gasteiger partial charge in [0.1, 0.15) is 6.54 Å². The highest BCUT2D eigenvalue weighted by atomic mass is 32.1. The minimum atomic E-state index is -1.01. The highest BCUT2D eigenvalue weighted by molar-refractivity contribution is 7.18. The third-order valence-corrected chi connectivity index (χ3v) is 4.71. The molecule has 0 atom stereocenters. The molecular weight excluding hydrogens is 328 g/mol. The first-order valence-electron chi connectivity index (χ1n) is 7.93. The molecule has 0 fully saturated rings. The van der Waals surface area contributed by atoms with Crippen molar-refractivity contribution in [3.8, 4) is 0 Å². The first-order valence-corrected chi connectivity index (χ1v) is 8.74. The van der Waals surface area contributed by atoms with E-state index in [1.165, 1.54) is 16.7 Å². The van der Waals surface area contributed by atoms with Gasteiger partial charge in [-0.05, 0) is 31.4 Å². The molecular formula is C17H22N2O4S. The molecule has 0 aliphatic heterocycles. The molecule has 0 unspecified atom stereocenters. The Hall–Kier alpha value is -1.99. The van der Waals surface area contributed by atoms with E-state index < -0.39 is 5.97 Å². The van der Waals surface area contributed by atoms with Gasteiger partial charge in [-0.2, -0.15) is 0 Å². The Morgan fingerprint density at radius 1 is 1.29 bits per heavy atom. The lowest BCUT2D eigenvalue weighted by molar-refractivity contribution is -0.144. The fourth-order valence-corrected chi connectivity index (χ4v) is 3.40. The molecule has 2 rings (SSSR count). The van der Waals surface area contributed by atoms with Crippen molar-refractivity contribution in [3.05, 3.63) is 29.3 Å².